The van der Waals surface area contributed by atoms with E-state index in [1.807, 2.05) is 24.4 Å². The number of H-pyrrole nitrogens is 1. The molecule has 0 amide bonds. The number of imidazole rings is 1. The van der Waals surface area contributed by atoms with Crippen LogP contribution in [0.1, 0.15) is 12.8 Å². The van der Waals surface area contributed by atoms with E-state index in [0.29, 0.717) is 16.5 Å². The minimum absolute atomic E-state index is 0.137. The standard InChI is InChI=1S/C18H19ClN4O/c19-14-2-1-13-9-15(18(24)22-16(13)10-14)17-21-7-8-23(17)11-12-3-5-20-6-4-12/h1-2,7-10,12,20H,3-6,11H2,(H,22,24). The van der Waals surface area contributed by atoms with Crippen LogP contribution in [-0.2, 0) is 6.54 Å². The van der Waals surface area contributed by atoms with E-state index in [9.17, 15) is 4.79 Å². The van der Waals surface area contributed by atoms with Crippen molar-refractivity contribution in [2.45, 2.75) is 19.4 Å². The highest BCUT2D eigenvalue weighted by molar-refractivity contribution is 6.31. The van der Waals surface area contributed by atoms with Gasteiger partial charge in [0.25, 0.3) is 5.56 Å². The second-order valence-electron chi connectivity index (χ2n) is 6.34. The molecule has 24 heavy (non-hydrogen) atoms. The predicted molar refractivity (Wildman–Crippen MR) is 96.4 cm³/mol. The molecule has 5 nitrogen and oxygen atoms in total. The number of pyridine rings is 1. The number of hydrogen-bond donors (Lipinski definition) is 2. The maximum Gasteiger partial charge on any atom is 0.259 e. The molecule has 1 aliphatic rings. The van der Waals surface area contributed by atoms with E-state index >= 15 is 0 Å². The van der Waals surface area contributed by atoms with E-state index in [-0.39, 0.29) is 5.56 Å². The molecule has 0 aliphatic carbocycles. The summed E-state index contributed by atoms with van der Waals surface area (Å²) in [5.74, 6) is 1.35. The minimum atomic E-state index is -0.137. The summed E-state index contributed by atoms with van der Waals surface area (Å²) in [6.07, 6.45) is 6.04. The lowest BCUT2D eigenvalue weighted by molar-refractivity contribution is 0.334. The van der Waals surface area contributed by atoms with Gasteiger partial charge in [0.15, 0.2) is 0 Å². The Labute approximate surface area is 144 Å². The van der Waals surface area contributed by atoms with Gasteiger partial charge in [-0.1, -0.05) is 17.7 Å². The van der Waals surface area contributed by atoms with Crippen molar-refractivity contribution in [2.75, 3.05) is 13.1 Å². The van der Waals surface area contributed by atoms with Crippen molar-refractivity contribution in [1.29, 1.82) is 0 Å². The van der Waals surface area contributed by atoms with E-state index in [0.717, 1.165) is 49.2 Å². The van der Waals surface area contributed by atoms with Crippen LogP contribution in [0.5, 0.6) is 0 Å². The molecule has 0 atom stereocenters. The van der Waals surface area contributed by atoms with Crippen LogP contribution in [-0.4, -0.2) is 27.6 Å². The van der Waals surface area contributed by atoms with Crippen LogP contribution in [0, 0.1) is 5.92 Å². The fourth-order valence-corrected chi connectivity index (χ4v) is 3.55. The molecule has 6 heteroatoms. The van der Waals surface area contributed by atoms with Gasteiger partial charge in [-0.05, 0) is 55.4 Å². The Hall–Kier alpha value is -2.11. The Morgan fingerprint density at radius 3 is 2.92 bits per heavy atom. The normalized spacial score (nSPS) is 15.9. The van der Waals surface area contributed by atoms with E-state index in [2.05, 4.69) is 19.9 Å². The third-order valence-electron chi connectivity index (χ3n) is 4.68. The summed E-state index contributed by atoms with van der Waals surface area (Å²) in [7, 11) is 0. The van der Waals surface area contributed by atoms with Gasteiger partial charge in [0.2, 0.25) is 0 Å². The summed E-state index contributed by atoms with van der Waals surface area (Å²) in [5.41, 5.74) is 1.21. The van der Waals surface area contributed by atoms with Gasteiger partial charge in [-0.3, -0.25) is 4.79 Å². The van der Waals surface area contributed by atoms with Crippen molar-refractivity contribution in [3.05, 3.63) is 52.0 Å². The van der Waals surface area contributed by atoms with Crippen LogP contribution in [0.2, 0.25) is 5.02 Å². The Morgan fingerprint density at radius 2 is 2.08 bits per heavy atom. The number of nitrogens with zero attached hydrogens (tertiary/aromatic N) is 2. The van der Waals surface area contributed by atoms with Gasteiger partial charge in [-0.2, -0.15) is 0 Å². The molecule has 3 aromatic rings. The first kappa shape index (κ1) is 15.4. The number of fused-ring (bicyclic) bond motifs is 1. The summed E-state index contributed by atoms with van der Waals surface area (Å²) >= 11 is 6.00. The van der Waals surface area contributed by atoms with Gasteiger partial charge in [-0.25, -0.2) is 4.98 Å². The zero-order valence-electron chi connectivity index (χ0n) is 13.3. The molecule has 0 bridgehead atoms. The zero-order chi connectivity index (χ0) is 16.5. The van der Waals surface area contributed by atoms with Gasteiger partial charge in [0.1, 0.15) is 5.82 Å². The molecule has 0 unspecified atom stereocenters. The lowest BCUT2D eigenvalue weighted by atomic mass is 9.98. The van der Waals surface area contributed by atoms with Gasteiger partial charge >= 0.3 is 0 Å². The Kier molecular flexibility index (Phi) is 4.12. The number of nitrogens with one attached hydrogen (secondary N) is 2. The Balaban J connectivity index is 1.72. The van der Waals surface area contributed by atoms with Crippen molar-refractivity contribution in [3.63, 3.8) is 0 Å². The van der Waals surface area contributed by atoms with Crippen molar-refractivity contribution in [2.24, 2.45) is 5.92 Å². The molecule has 0 spiro atoms. The van der Waals surface area contributed by atoms with Crippen molar-refractivity contribution in [1.82, 2.24) is 19.9 Å². The summed E-state index contributed by atoms with van der Waals surface area (Å²) in [4.78, 5) is 19.9. The average molecular weight is 343 g/mol. The smallest absolute Gasteiger partial charge is 0.259 e. The lowest BCUT2D eigenvalue weighted by Crippen LogP contribution is -2.30. The lowest BCUT2D eigenvalue weighted by Gasteiger charge is -2.23. The highest BCUT2D eigenvalue weighted by atomic mass is 35.5. The second kappa shape index (κ2) is 6.42. The molecule has 2 aromatic heterocycles. The number of halogens is 1. The molecular weight excluding hydrogens is 324 g/mol. The number of hydrogen-bond acceptors (Lipinski definition) is 3. The predicted octanol–water partition coefficient (Wildman–Crippen LogP) is 3.04. The van der Waals surface area contributed by atoms with Crippen LogP contribution in [0.3, 0.4) is 0 Å². The zero-order valence-corrected chi connectivity index (χ0v) is 14.0. The van der Waals surface area contributed by atoms with Gasteiger partial charge < -0.3 is 14.9 Å². The van der Waals surface area contributed by atoms with Crippen LogP contribution in [0.25, 0.3) is 22.3 Å². The van der Waals surface area contributed by atoms with E-state index in [1.54, 1.807) is 12.3 Å². The number of piperidine rings is 1. The maximum absolute atomic E-state index is 12.5. The molecule has 2 N–H and O–H groups in total. The number of aromatic amines is 1. The number of benzene rings is 1. The second-order valence-corrected chi connectivity index (χ2v) is 6.78. The van der Waals surface area contributed by atoms with E-state index in [1.165, 1.54) is 0 Å². The van der Waals surface area contributed by atoms with Crippen LogP contribution < -0.4 is 10.9 Å². The van der Waals surface area contributed by atoms with Crippen molar-refractivity contribution in [3.8, 4) is 11.4 Å². The molecule has 4 rings (SSSR count). The number of aromatic nitrogens is 3. The van der Waals surface area contributed by atoms with Crippen molar-refractivity contribution < 1.29 is 0 Å². The Bertz CT molecular complexity index is 924. The molecule has 0 saturated carbocycles. The van der Waals surface area contributed by atoms with E-state index in [4.69, 9.17) is 11.6 Å². The summed E-state index contributed by atoms with van der Waals surface area (Å²) in [6.45, 7) is 3.02. The highest BCUT2D eigenvalue weighted by Gasteiger charge is 2.17. The summed E-state index contributed by atoms with van der Waals surface area (Å²) in [5, 5.41) is 4.94. The summed E-state index contributed by atoms with van der Waals surface area (Å²) in [6, 6.07) is 7.40. The topological polar surface area (TPSA) is 62.7 Å². The SMILES string of the molecule is O=c1[nH]c2cc(Cl)ccc2cc1-c1nccn1CC1CCNCC1. The molecular formula is C18H19ClN4O. The average Bonchev–Trinajstić information content (AvgIpc) is 3.03. The third-order valence-corrected chi connectivity index (χ3v) is 4.91. The molecule has 3 heterocycles. The van der Waals surface area contributed by atoms with Crippen molar-refractivity contribution >= 4 is 22.5 Å². The largest absolute Gasteiger partial charge is 0.331 e. The molecule has 1 saturated heterocycles. The van der Waals surface area contributed by atoms with Crippen LogP contribution >= 0.6 is 11.6 Å². The maximum atomic E-state index is 12.5. The fraction of sp³-hybridized carbons (Fsp3) is 0.333. The molecule has 1 aliphatic heterocycles. The van der Waals surface area contributed by atoms with Gasteiger partial charge in [0, 0.05) is 29.5 Å². The fourth-order valence-electron chi connectivity index (χ4n) is 3.38. The molecule has 0 radical (unpaired) electrons. The van der Waals surface area contributed by atoms with E-state index < -0.39 is 0 Å². The van der Waals surface area contributed by atoms with Gasteiger partial charge in [0.05, 0.1) is 5.56 Å². The summed E-state index contributed by atoms with van der Waals surface area (Å²) < 4.78 is 2.10. The molecule has 124 valence electrons. The third kappa shape index (κ3) is 2.97. The minimum Gasteiger partial charge on any atom is -0.331 e. The Morgan fingerprint density at radius 1 is 1.25 bits per heavy atom. The molecule has 1 aromatic carbocycles. The monoisotopic (exact) mass is 342 g/mol. The molecule has 1 fully saturated rings. The first-order chi connectivity index (χ1) is 11.7. The highest BCUT2D eigenvalue weighted by Crippen LogP contribution is 2.23. The first-order valence-electron chi connectivity index (χ1n) is 8.25. The van der Waals surface area contributed by atoms with Gasteiger partial charge in [-0.15, -0.1) is 0 Å². The first-order valence-corrected chi connectivity index (χ1v) is 8.63. The van der Waals surface area contributed by atoms with Crippen LogP contribution in [0.15, 0.2) is 41.5 Å². The quantitative estimate of drug-likeness (QED) is 0.769. The number of rotatable bonds is 3. The van der Waals surface area contributed by atoms with Crippen LogP contribution in [0.4, 0.5) is 0 Å².